The molecule has 2 fully saturated rings. The number of hydrogen-bond donors (Lipinski definition) is 2. The van der Waals surface area contributed by atoms with Crippen molar-refractivity contribution < 1.29 is 9.59 Å². The van der Waals surface area contributed by atoms with Crippen LogP contribution in [-0.4, -0.2) is 38.0 Å². The maximum Gasteiger partial charge on any atom is 0.254 e. The summed E-state index contributed by atoms with van der Waals surface area (Å²) in [5, 5.41) is 7.47. The molecule has 2 aliphatic carbocycles. The summed E-state index contributed by atoms with van der Waals surface area (Å²) in [6.07, 6.45) is 7.79. The molecule has 1 aromatic carbocycles. The van der Waals surface area contributed by atoms with Crippen molar-refractivity contribution in [1.29, 1.82) is 0 Å². The van der Waals surface area contributed by atoms with Crippen molar-refractivity contribution in [2.45, 2.75) is 38.4 Å². The Kier molecular flexibility index (Phi) is 4.67. The van der Waals surface area contributed by atoms with Gasteiger partial charge >= 0.3 is 0 Å². The van der Waals surface area contributed by atoms with Crippen LogP contribution in [0.2, 0.25) is 0 Å². The zero-order valence-electron chi connectivity index (χ0n) is 18.3. The highest BCUT2D eigenvalue weighted by Crippen LogP contribution is 2.46. The molecule has 168 valence electrons. The highest BCUT2D eigenvalue weighted by atomic mass is 16.2. The first-order valence-corrected chi connectivity index (χ1v) is 11.5. The molecule has 3 aliphatic rings. The van der Waals surface area contributed by atoms with Crippen LogP contribution in [0.4, 0.5) is 5.82 Å². The molecule has 3 atom stereocenters. The van der Waals surface area contributed by atoms with E-state index in [0.29, 0.717) is 42.2 Å². The van der Waals surface area contributed by atoms with Crippen LogP contribution in [0.5, 0.6) is 0 Å². The van der Waals surface area contributed by atoms with E-state index in [2.05, 4.69) is 39.7 Å². The van der Waals surface area contributed by atoms with Crippen molar-refractivity contribution in [2.24, 2.45) is 11.8 Å². The molecule has 6 rings (SSSR count). The number of fused-ring (bicyclic) bond motifs is 2. The summed E-state index contributed by atoms with van der Waals surface area (Å²) in [5.74, 6) is 1.62. The number of rotatable bonds is 6. The lowest BCUT2D eigenvalue weighted by molar-refractivity contribution is -0.130. The minimum absolute atomic E-state index is 0.0536. The van der Waals surface area contributed by atoms with E-state index in [9.17, 15) is 9.59 Å². The first kappa shape index (κ1) is 20.0. The number of nitrogens with one attached hydrogen (secondary N) is 1. The quantitative estimate of drug-likeness (QED) is 0.609. The van der Waals surface area contributed by atoms with Gasteiger partial charge in [-0.1, -0.05) is 24.3 Å². The fraction of sp³-hybridized carbons (Fsp3) is 0.360. The average Bonchev–Trinajstić information content (AvgIpc) is 3.10. The van der Waals surface area contributed by atoms with Gasteiger partial charge in [0.25, 0.3) is 5.91 Å². The fourth-order valence-corrected chi connectivity index (χ4v) is 5.19. The molecule has 2 aromatic heterocycles. The van der Waals surface area contributed by atoms with Gasteiger partial charge in [0.2, 0.25) is 5.91 Å². The summed E-state index contributed by atoms with van der Waals surface area (Å²) < 4.78 is 1.77. The number of benzene rings is 1. The highest BCUT2D eigenvalue weighted by Gasteiger charge is 2.51. The molecular formula is C25H26N6O2. The van der Waals surface area contributed by atoms with Crippen molar-refractivity contribution in [1.82, 2.24) is 25.0 Å². The van der Waals surface area contributed by atoms with Crippen LogP contribution in [0.25, 0.3) is 0 Å². The van der Waals surface area contributed by atoms with E-state index in [1.807, 2.05) is 11.0 Å². The van der Waals surface area contributed by atoms with Crippen molar-refractivity contribution >= 4 is 17.6 Å². The maximum atomic E-state index is 12.8. The van der Waals surface area contributed by atoms with Gasteiger partial charge in [0, 0.05) is 31.4 Å². The van der Waals surface area contributed by atoms with Gasteiger partial charge in [0.05, 0.1) is 24.3 Å². The molecule has 3 N–H and O–H groups in total. The van der Waals surface area contributed by atoms with Crippen molar-refractivity contribution in [3.8, 4) is 0 Å². The summed E-state index contributed by atoms with van der Waals surface area (Å²) >= 11 is 0. The third kappa shape index (κ3) is 3.75. The van der Waals surface area contributed by atoms with Gasteiger partial charge in [-0.05, 0) is 53.5 Å². The largest absolute Gasteiger partial charge is 0.383 e. The molecule has 33 heavy (non-hydrogen) atoms. The van der Waals surface area contributed by atoms with Crippen LogP contribution in [-0.2, 0) is 24.3 Å². The number of aromatic nitrogens is 3. The van der Waals surface area contributed by atoms with Crippen molar-refractivity contribution in [2.75, 3.05) is 12.3 Å². The number of amides is 2. The number of likely N-dealkylation sites (tertiary alicyclic amines) is 1. The maximum absolute atomic E-state index is 12.8. The van der Waals surface area contributed by atoms with Crippen LogP contribution in [0.3, 0.4) is 0 Å². The molecule has 8 nitrogen and oxygen atoms in total. The molecular weight excluding hydrogens is 416 g/mol. The summed E-state index contributed by atoms with van der Waals surface area (Å²) in [5.41, 5.74) is 10.8. The molecule has 1 unspecified atom stereocenters. The second-order valence-electron chi connectivity index (χ2n) is 9.39. The second-order valence-corrected chi connectivity index (χ2v) is 9.39. The van der Waals surface area contributed by atoms with E-state index >= 15 is 0 Å². The number of nitrogen functional groups attached to an aromatic ring is 1. The van der Waals surface area contributed by atoms with Gasteiger partial charge in [0.1, 0.15) is 5.82 Å². The number of hydrogen-bond acceptors (Lipinski definition) is 5. The average molecular weight is 443 g/mol. The topological polar surface area (TPSA) is 106 Å². The van der Waals surface area contributed by atoms with E-state index in [4.69, 9.17) is 5.73 Å². The van der Waals surface area contributed by atoms with Crippen LogP contribution >= 0.6 is 0 Å². The summed E-state index contributed by atoms with van der Waals surface area (Å²) in [6.45, 7) is 2.17. The van der Waals surface area contributed by atoms with E-state index < -0.39 is 0 Å². The molecule has 3 heterocycles. The number of carbonyl (C=O) groups is 2. The Balaban J connectivity index is 1.06. The fourth-order valence-electron chi connectivity index (χ4n) is 5.19. The van der Waals surface area contributed by atoms with Gasteiger partial charge in [-0.15, -0.1) is 0 Å². The monoisotopic (exact) mass is 442 g/mol. The van der Waals surface area contributed by atoms with E-state index in [-0.39, 0.29) is 11.9 Å². The van der Waals surface area contributed by atoms with Gasteiger partial charge in [0.15, 0.2) is 0 Å². The molecule has 3 aromatic rings. The van der Waals surface area contributed by atoms with Crippen LogP contribution in [0, 0.1) is 11.8 Å². The normalized spacial score (nSPS) is 22.8. The summed E-state index contributed by atoms with van der Waals surface area (Å²) in [4.78, 5) is 31.1. The van der Waals surface area contributed by atoms with E-state index in [1.54, 1.807) is 23.3 Å². The third-order valence-electron chi connectivity index (χ3n) is 7.13. The summed E-state index contributed by atoms with van der Waals surface area (Å²) in [6, 6.07) is 10.1. The van der Waals surface area contributed by atoms with Crippen LogP contribution in [0.15, 0.2) is 48.9 Å². The van der Waals surface area contributed by atoms with Crippen LogP contribution in [0.1, 0.15) is 51.5 Å². The Hall–Kier alpha value is -3.68. The number of carbonyl (C=O) groups excluding carboxylic acids is 2. The lowest BCUT2D eigenvalue weighted by Gasteiger charge is -2.18. The molecule has 1 saturated carbocycles. The van der Waals surface area contributed by atoms with Crippen LogP contribution < -0.4 is 11.1 Å². The molecule has 0 bridgehead atoms. The van der Waals surface area contributed by atoms with Gasteiger partial charge in [-0.25, -0.2) is 4.98 Å². The van der Waals surface area contributed by atoms with E-state index in [1.165, 1.54) is 0 Å². The predicted molar refractivity (Wildman–Crippen MR) is 122 cm³/mol. The third-order valence-corrected chi connectivity index (χ3v) is 7.13. The standard InChI is InChI=1S/C25H26N6O2/c26-23-20-5-6-22(19(20)7-8-27-23)29-24(32)18-10-28-31(14-18)12-16-3-1-15(2-4-16)11-30-13-17-9-21(17)25(30)33/h1-4,7-8,10,14,17,21-22H,5-6,9,11-13H2,(H2,26,27)(H,29,32)/t17-,21+,22?/m1/s1. The number of nitrogens with two attached hydrogens (primary N) is 1. The van der Waals surface area contributed by atoms with Crippen molar-refractivity contribution in [3.05, 3.63) is 76.7 Å². The zero-order chi connectivity index (χ0) is 22.5. The molecule has 1 saturated heterocycles. The van der Waals surface area contributed by atoms with Gasteiger partial charge in [-0.2, -0.15) is 5.10 Å². The molecule has 1 aliphatic heterocycles. The first-order chi connectivity index (χ1) is 16.0. The van der Waals surface area contributed by atoms with E-state index in [0.717, 1.165) is 48.1 Å². The smallest absolute Gasteiger partial charge is 0.254 e. The highest BCUT2D eigenvalue weighted by molar-refractivity contribution is 5.94. The van der Waals surface area contributed by atoms with Gasteiger partial charge < -0.3 is 16.0 Å². The Morgan fingerprint density at radius 2 is 1.94 bits per heavy atom. The first-order valence-electron chi connectivity index (χ1n) is 11.5. The Morgan fingerprint density at radius 1 is 1.15 bits per heavy atom. The molecule has 8 heteroatoms. The SMILES string of the molecule is Nc1nccc2c1CCC2NC(=O)c1cnn(Cc2ccc(CN3C[C@H]4C[C@@H]4C3=O)cc2)c1. The minimum Gasteiger partial charge on any atom is -0.383 e. The molecule has 0 radical (unpaired) electrons. The minimum atomic E-state index is -0.141. The zero-order valence-corrected chi connectivity index (χ0v) is 18.3. The molecule has 0 spiro atoms. The number of anilines is 1. The number of piperidine rings is 1. The predicted octanol–water partition coefficient (Wildman–Crippen LogP) is 2.30. The summed E-state index contributed by atoms with van der Waals surface area (Å²) in [7, 11) is 0. The number of pyridine rings is 1. The van der Waals surface area contributed by atoms with Crippen molar-refractivity contribution in [3.63, 3.8) is 0 Å². The Bertz CT molecular complexity index is 1230. The van der Waals surface area contributed by atoms with Gasteiger partial charge in [-0.3, -0.25) is 14.3 Å². The molecule has 2 amide bonds. The lowest BCUT2D eigenvalue weighted by atomic mass is 10.1. The Labute approximate surface area is 191 Å². The second kappa shape index (κ2) is 7.72. The lowest BCUT2D eigenvalue weighted by Crippen LogP contribution is -2.27. The Morgan fingerprint density at radius 3 is 2.70 bits per heavy atom. The number of nitrogens with zero attached hydrogens (tertiary/aromatic N) is 4.